The first kappa shape index (κ1) is 19.9. The molecule has 0 saturated carbocycles. The predicted molar refractivity (Wildman–Crippen MR) is 102 cm³/mol. The van der Waals surface area contributed by atoms with E-state index in [4.69, 9.17) is 0 Å². The van der Waals surface area contributed by atoms with Gasteiger partial charge < -0.3 is 15.5 Å². The van der Waals surface area contributed by atoms with E-state index in [1.807, 2.05) is 33.9 Å². The highest BCUT2D eigenvalue weighted by Crippen LogP contribution is 2.25. The van der Waals surface area contributed by atoms with E-state index in [1.54, 1.807) is 17.0 Å². The molecule has 3 amide bonds. The fourth-order valence-corrected chi connectivity index (χ4v) is 3.06. The number of benzene rings is 1. The lowest BCUT2D eigenvalue weighted by Crippen LogP contribution is -2.38. The fraction of sp³-hybridized carbons (Fsp3) is 0.550. The molecule has 1 aromatic rings. The summed E-state index contributed by atoms with van der Waals surface area (Å²) < 4.78 is 0. The topological polar surface area (TPSA) is 78.5 Å². The molecule has 26 heavy (non-hydrogen) atoms. The molecule has 1 unspecified atom stereocenters. The van der Waals surface area contributed by atoms with E-state index < -0.39 is 0 Å². The summed E-state index contributed by atoms with van der Waals surface area (Å²) in [5, 5.41) is 5.75. The van der Waals surface area contributed by atoms with Crippen molar-refractivity contribution in [2.24, 2.45) is 5.92 Å². The van der Waals surface area contributed by atoms with Crippen LogP contribution in [0.15, 0.2) is 18.2 Å². The molecule has 0 bridgehead atoms. The molecule has 0 aliphatic carbocycles. The third-order valence-electron chi connectivity index (χ3n) is 4.78. The lowest BCUT2D eigenvalue weighted by molar-refractivity contribution is -0.132. The largest absolute Gasteiger partial charge is 0.352 e. The Labute approximate surface area is 155 Å². The van der Waals surface area contributed by atoms with Crippen LogP contribution in [0, 0.1) is 5.92 Å². The van der Waals surface area contributed by atoms with Crippen molar-refractivity contribution < 1.29 is 14.4 Å². The van der Waals surface area contributed by atoms with Crippen LogP contribution in [0.2, 0.25) is 0 Å². The Morgan fingerprint density at radius 2 is 1.96 bits per heavy atom. The number of carbonyl (C=O) groups excluding carboxylic acids is 3. The van der Waals surface area contributed by atoms with Crippen molar-refractivity contribution in [3.05, 3.63) is 29.3 Å². The van der Waals surface area contributed by atoms with Crippen LogP contribution in [0.3, 0.4) is 0 Å². The monoisotopic (exact) mass is 359 g/mol. The number of amides is 3. The van der Waals surface area contributed by atoms with Gasteiger partial charge in [0.05, 0.1) is 0 Å². The maximum absolute atomic E-state index is 12.5. The van der Waals surface area contributed by atoms with Crippen molar-refractivity contribution >= 4 is 23.4 Å². The summed E-state index contributed by atoms with van der Waals surface area (Å²) in [6.07, 6.45) is 2.21. The van der Waals surface area contributed by atoms with Gasteiger partial charge in [-0.15, -0.1) is 0 Å². The van der Waals surface area contributed by atoms with Crippen molar-refractivity contribution in [1.82, 2.24) is 10.2 Å². The zero-order valence-electron chi connectivity index (χ0n) is 16.1. The minimum Gasteiger partial charge on any atom is -0.352 e. The molecule has 1 heterocycles. The number of nitrogens with one attached hydrogen (secondary N) is 2. The van der Waals surface area contributed by atoms with Crippen molar-refractivity contribution in [2.75, 3.05) is 18.9 Å². The lowest BCUT2D eigenvalue weighted by Gasteiger charge is -2.26. The average molecular weight is 359 g/mol. The number of nitrogens with zero attached hydrogens (tertiary/aromatic N) is 1. The molecule has 1 aromatic carbocycles. The molecule has 0 spiro atoms. The van der Waals surface area contributed by atoms with E-state index in [2.05, 4.69) is 10.6 Å². The number of rotatable bonds is 7. The van der Waals surface area contributed by atoms with E-state index in [0.29, 0.717) is 43.7 Å². The van der Waals surface area contributed by atoms with Crippen molar-refractivity contribution in [2.45, 2.75) is 52.5 Å². The van der Waals surface area contributed by atoms with Crippen molar-refractivity contribution in [1.29, 1.82) is 0 Å². The Hall–Kier alpha value is -2.37. The Morgan fingerprint density at radius 1 is 1.23 bits per heavy atom. The van der Waals surface area contributed by atoms with Gasteiger partial charge in [0.25, 0.3) is 5.91 Å². The van der Waals surface area contributed by atoms with Gasteiger partial charge in [-0.3, -0.25) is 14.4 Å². The number of hydrogen-bond donors (Lipinski definition) is 2. The molecule has 142 valence electrons. The summed E-state index contributed by atoms with van der Waals surface area (Å²) in [7, 11) is 1.81. The summed E-state index contributed by atoms with van der Waals surface area (Å²) >= 11 is 0. The molecular formula is C20H29N3O3. The molecule has 0 fully saturated rings. The molecule has 2 N–H and O–H groups in total. The SMILES string of the molecule is CC(C)CC(=O)N(C)C(C)CCNC(=O)c1cccc2c1CCC(=O)N2. The summed E-state index contributed by atoms with van der Waals surface area (Å²) in [6, 6.07) is 5.44. The molecule has 0 saturated heterocycles. The highest BCUT2D eigenvalue weighted by atomic mass is 16.2. The molecule has 0 aromatic heterocycles. The van der Waals surface area contributed by atoms with Crippen molar-refractivity contribution in [3.8, 4) is 0 Å². The smallest absolute Gasteiger partial charge is 0.251 e. The van der Waals surface area contributed by atoms with Crippen LogP contribution in [0.1, 0.15) is 56.0 Å². The third kappa shape index (κ3) is 5.07. The highest BCUT2D eigenvalue weighted by molar-refractivity contribution is 6.01. The first-order valence-corrected chi connectivity index (χ1v) is 9.25. The maximum Gasteiger partial charge on any atom is 0.251 e. The van der Waals surface area contributed by atoms with Crippen LogP contribution in [0.4, 0.5) is 5.69 Å². The second kappa shape index (κ2) is 8.83. The van der Waals surface area contributed by atoms with E-state index in [1.165, 1.54) is 0 Å². The van der Waals surface area contributed by atoms with Gasteiger partial charge in [0.2, 0.25) is 11.8 Å². The zero-order valence-corrected chi connectivity index (χ0v) is 16.1. The Balaban J connectivity index is 1.89. The fourth-order valence-electron chi connectivity index (χ4n) is 3.06. The Bertz CT molecular complexity index is 685. The third-order valence-corrected chi connectivity index (χ3v) is 4.78. The van der Waals surface area contributed by atoms with Gasteiger partial charge in [-0.2, -0.15) is 0 Å². The van der Waals surface area contributed by atoms with Gasteiger partial charge in [0.1, 0.15) is 0 Å². The molecular weight excluding hydrogens is 330 g/mol. The van der Waals surface area contributed by atoms with Crippen LogP contribution < -0.4 is 10.6 Å². The number of hydrogen-bond acceptors (Lipinski definition) is 3. The summed E-state index contributed by atoms with van der Waals surface area (Å²) in [4.78, 5) is 37.9. The van der Waals surface area contributed by atoms with Gasteiger partial charge in [-0.1, -0.05) is 19.9 Å². The second-order valence-electron chi connectivity index (χ2n) is 7.38. The lowest BCUT2D eigenvalue weighted by atomic mass is 9.97. The number of carbonyl (C=O) groups is 3. The minimum atomic E-state index is -0.138. The Kier molecular flexibility index (Phi) is 6.77. The van der Waals surface area contributed by atoms with Crippen LogP contribution in [-0.2, 0) is 16.0 Å². The van der Waals surface area contributed by atoms with Crippen molar-refractivity contribution in [3.63, 3.8) is 0 Å². The average Bonchev–Trinajstić information content (AvgIpc) is 2.59. The van der Waals surface area contributed by atoms with E-state index in [9.17, 15) is 14.4 Å². The van der Waals surface area contributed by atoms with Gasteiger partial charge in [0.15, 0.2) is 0 Å². The number of fused-ring (bicyclic) bond motifs is 1. The second-order valence-corrected chi connectivity index (χ2v) is 7.38. The molecule has 1 aliphatic rings. The highest BCUT2D eigenvalue weighted by Gasteiger charge is 2.21. The van der Waals surface area contributed by atoms with Gasteiger partial charge in [-0.05, 0) is 43.4 Å². The van der Waals surface area contributed by atoms with Crippen LogP contribution in [0.25, 0.3) is 0 Å². The molecule has 1 aliphatic heterocycles. The van der Waals surface area contributed by atoms with Crippen LogP contribution >= 0.6 is 0 Å². The molecule has 6 heteroatoms. The number of anilines is 1. The maximum atomic E-state index is 12.5. The van der Waals surface area contributed by atoms with E-state index in [-0.39, 0.29) is 23.8 Å². The summed E-state index contributed by atoms with van der Waals surface area (Å²) in [5.74, 6) is 0.313. The standard InChI is InChI=1S/C20H29N3O3/c1-13(2)12-19(25)23(4)14(3)10-11-21-20(26)16-6-5-7-17-15(16)8-9-18(24)22-17/h5-7,13-14H,8-12H2,1-4H3,(H,21,26)(H,22,24). The zero-order chi connectivity index (χ0) is 19.3. The first-order valence-electron chi connectivity index (χ1n) is 9.25. The minimum absolute atomic E-state index is 0.0158. The van der Waals surface area contributed by atoms with Crippen LogP contribution in [0.5, 0.6) is 0 Å². The molecule has 1 atom stereocenters. The molecule has 6 nitrogen and oxygen atoms in total. The van der Waals surface area contributed by atoms with E-state index >= 15 is 0 Å². The summed E-state index contributed by atoms with van der Waals surface area (Å²) in [6.45, 7) is 6.54. The predicted octanol–water partition coefficient (Wildman–Crippen LogP) is 2.58. The van der Waals surface area contributed by atoms with Crippen LogP contribution in [-0.4, -0.2) is 42.3 Å². The molecule has 0 radical (unpaired) electrons. The molecule has 2 rings (SSSR count). The van der Waals surface area contributed by atoms with E-state index in [0.717, 1.165) is 11.3 Å². The normalized spacial score (nSPS) is 14.4. The van der Waals surface area contributed by atoms with Gasteiger partial charge >= 0.3 is 0 Å². The van der Waals surface area contributed by atoms with Gasteiger partial charge in [0, 0.05) is 43.7 Å². The Morgan fingerprint density at radius 3 is 2.65 bits per heavy atom. The quantitative estimate of drug-likeness (QED) is 0.785. The first-order chi connectivity index (χ1) is 12.3. The summed E-state index contributed by atoms with van der Waals surface area (Å²) in [5.41, 5.74) is 2.22. The van der Waals surface area contributed by atoms with Gasteiger partial charge in [-0.25, -0.2) is 0 Å².